The quantitative estimate of drug-likeness (QED) is 0.698. The summed E-state index contributed by atoms with van der Waals surface area (Å²) in [6.45, 7) is 1.86. The Labute approximate surface area is 70.0 Å². The van der Waals surface area contributed by atoms with Crippen LogP contribution in [0.1, 0.15) is 17.2 Å². The minimum Gasteiger partial charge on any atom is -0.481 e. The summed E-state index contributed by atoms with van der Waals surface area (Å²) < 4.78 is 5.02. The Morgan fingerprint density at radius 3 is 2.83 bits per heavy atom. The molecule has 1 aromatic rings. The molecule has 4 nitrogen and oxygen atoms in total. The van der Waals surface area contributed by atoms with Crippen molar-refractivity contribution in [1.29, 1.82) is 0 Å². The van der Waals surface area contributed by atoms with Crippen LogP contribution in [0.25, 0.3) is 0 Å². The van der Waals surface area contributed by atoms with Gasteiger partial charge in [0.1, 0.15) is 11.7 Å². The van der Waals surface area contributed by atoms with Crippen molar-refractivity contribution in [2.24, 2.45) is 5.73 Å². The van der Waals surface area contributed by atoms with E-state index in [0.29, 0.717) is 5.76 Å². The van der Waals surface area contributed by atoms with Gasteiger partial charge in [0.25, 0.3) is 0 Å². The molecule has 12 heavy (non-hydrogen) atoms. The highest BCUT2D eigenvalue weighted by atomic mass is 16.4. The van der Waals surface area contributed by atoms with Crippen molar-refractivity contribution in [2.75, 3.05) is 6.54 Å². The number of hydrogen-bond acceptors (Lipinski definition) is 3. The number of carbonyl (C=O) groups is 1. The Bertz CT molecular complexity index is 280. The van der Waals surface area contributed by atoms with Crippen LogP contribution in [0.15, 0.2) is 16.7 Å². The number of rotatable bonds is 3. The minimum atomic E-state index is -0.949. The molecule has 4 heteroatoms. The fourth-order valence-corrected chi connectivity index (χ4v) is 1.06. The zero-order chi connectivity index (χ0) is 9.14. The van der Waals surface area contributed by atoms with Crippen LogP contribution in [0.5, 0.6) is 0 Å². The van der Waals surface area contributed by atoms with Gasteiger partial charge in [-0.2, -0.15) is 0 Å². The molecule has 0 amide bonds. The van der Waals surface area contributed by atoms with Crippen molar-refractivity contribution in [1.82, 2.24) is 0 Å². The van der Waals surface area contributed by atoms with Gasteiger partial charge in [-0.15, -0.1) is 0 Å². The lowest BCUT2D eigenvalue weighted by atomic mass is 10.0. The summed E-state index contributed by atoms with van der Waals surface area (Å²) in [5, 5.41) is 8.73. The third-order valence-electron chi connectivity index (χ3n) is 1.75. The third-order valence-corrected chi connectivity index (χ3v) is 1.75. The topological polar surface area (TPSA) is 76.5 Å². The van der Waals surface area contributed by atoms with Crippen molar-refractivity contribution in [3.8, 4) is 0 Å². The maximum atomic E-state index is 10.6. The first-order chi connectivity index (χ1) is 5.66. The predicted molar refractivity (Wildman–Crippen MR) is 42.9 cm³/mol. The minimum absolute atomic E-state index is 0.0592. The van der Waals surface area contributed by atoms with Crippen molar-refractivity contribution in [3.63, 3.8) is 0 Å². The molecule has 0 radical (unpaired) electrons. The second kappa shape index (κ2) is 3.40. The first kappa shape index (κ1) is 8.80. The maximum absolute atomic E-state index is 10.6. The van der Waals surface area contributed by atoms with Crippen LogP contribution in [0.2, 0.25) is 0 Å². The molecular formula is C8H11NO3. The van der Waals surface area contributed by atoms with Crippen LogP contribution in [0, 0.1) is 6.92 Å². The van der Waals surface area contributed by atoms with Gasteiger partial charge in [-0.3, -0.25) is 4.79 Å². The number of hydrogen-bond donors (Lipinski definition) is 2. The van der Waals surface area contributed by atoms with E-state index in [4.69, 9.17) is 15.3 Å². The average molecular weight is 169 g/mol. The summed E-state index contributed by atoms with van der Waals surface area (Å²) in [5.74, 6) is -1.22. The lowest BCUT2D eigenvalue weighted by molar-refractivity contribution is -0.138. The van der Waals surface area contributed by atoms with Crippen LogP contribution < -0.4 is 5.73 Å². The normalized spacial score (nSPS) is 12.8. The molecule has 0 bridgehead atoms. The van der Waals surface area contributed by atoms with Crippen molar-refractivity contribution in [2.45, 2.75) is 12.8 Å². The molecule has 1 rings (SSSR count). The lowest BCUT2D eigenvalue weighted by Crippen LogP contribution is -2.21. The standard InChI is InChI=1S/C8H11NO3/c1-5-2-3-12-7(5)6(4-9)8(10)11/h2-3,6H,4,9H2,1H3,(H,10,11). The summed E-state index contributed by atoms with van der Waals surface area (Å²) in [7, 11) is 0. The fourth-order valence-electron chi connectivity index (χ4n) is 1.06. The fraction of sp³-hybridized carbons (Fsp3) is 0.375. The molecule has 1 heterocycles. The van der Waals surface area contributed by atoms with Gasteiger partial charge in [-0.25, -0.2) is 0 Å². The molecule has 66 valence electrons. The Kier molecular flexibility index (Phi) is 2.50. The number of aryl methyl sites for hydroxylation is 1. The summed E-state index contributed by atoms with van der Waals surface area (Å²) in [6.07, 6.45) is 1.47. The number of furan rings is 1. The summed E-state index contributed by atoms with van der Waals surface area (Å²) in [4.78, 5) is 10.6. The second-order valence-corrected chi connectivity index (χ2v) is 2.59. The van der Waals surface area contributed by atoms with Crippen LogP contribution in [0.4, 0.5) is 0 Å². The average Bonchev–Trinajstić information content (AvgIpc) is 2.38. The number of carboxylic acid groups (broad SMARTS) is 1. The molecule has 1 atom stereocenters. The van der Waals surface area contributed by atoms with Crippen LogP contribution in [-0.2, 0) is 4.79 Å². The van der Waals surface area contributed by atoms with Gasteiger partial charge in [0, 0.05) is 6.54 Å². The van der Waals surface area contributed by atoms with Gasteiger partial charge in [-0.05, 0) is 18.6 Å². The number of nitrogens with two attached hydrogens (primary N) is 1. The van der Waals surface area contributed by atoms with E-state index in [1.165, 1.54) is 6.26 Å². The van der Waals surface area contributed by atoms with E-state index in [9.17, 15) is 4.79 Å². The molecule has 0 fully saturated rings. The highest BCUT2D eigenvalue weighted by Crippen LogP contribution is 2.19. The molecular weight excluding hydrogens is 158 g/mol. The summed E-state index contributed by atoms with van der Waals surface area (Å²) in [5.41, 5.74) is 6.12. The highest BCUT2D eigenvalue weighted by Gasteiger charge is 2.22. The SMILES string of the molecule is Cc1ccoc1C(CN)C(=O)O. The van der Waals surface area contributed by atoms with Crippen LogP contribution in [-0.4, -0.2) is 17.6 Å². The second-order valence-electron chi connectivity index (χ2n) is 2.59. The molecule has 0 aromatic carbocycles. The van der Waals surface area contributed by atoms with Gasteiger partial charge in [0.2, 0.25) is 0 Å². The van der Waals surface area contributed by atoms with E-state index in [0.717, 1.165) is 5.56 Å². The molecule has 0 aliphatic carbocycles. The smallest absolute Gasteiger partial charge is 0.315 e. The first-order valence-electron chi connectivity index (χ1n) is 3.63. The van der Waals surface area contributed by atoms with Gasteiger partial charge in [-0.1, -0.05) is 0 Å². The van der Waals surface area contributed by atoms with Crippen molar-refractivity contribution >= 4 is 5.97 Å². The van der Waals surface area contributed by atoms with E-state index in [1.807, 2.05) is 0 Å². The maximum Gasteiger partial charge on any atom is 0.315 e. The first-order valence-corrected chi connectivity index (χ1v) is 3.63. The van der Waals surface area contributed by atoms with Gasteiger partial charge in [0.15, 0.2) is 0 Å². The Hall–Kier alpha value is -1.29. The summed E-state index contributed by atoms with van der Waals surface area (Å²) >= 11 is 0. The van der Waals surface area contributed by atoms with E-state index in [2.05, 4.69) is 0 Å². The number of carboxylic acids is 1. The van der Waals surface area contributed by atoms with E-state index >= 15 is 0 Å². The van der Waals surface area contributed by atoms with Gasteiger partial charge in [0.05, 0.1) is 6.26 Å². The largest absolute Gasteiger partial charge is 0.481 e. The number of aliphatic carboxylic acids is 1. The zero-order valence-corrected chi connectivity index (χ0v) is 6.78. The summed E-state index contributed by atoms with van der Waals surface area (Å²) in [6, 6.07) is 1.72. The molecule has 1 aromatic heterocycles. The van der Waals surface area contributed by atoms with Gasteiger partial charge < -0.3 is 15.3 Å². The van der Waals surface area contributed by atoms with Gasteiger partial charge >= 0.3 is 5.97 Å². The van der Waals surface area contributed by atoms with Crippen LogP contribution >= 0.6 is 0 Å². The van der Waals surface area contributed by atoms with E-state index in [-0.39, 0.29) is 6.54 Å². The zero-order valence-electron chi connectivity index (χ0n) is 6.78. The molecule has 3 N–H and O–H groups in total. The molecule has 1 unspecified atom stereocenters. The Morgan fingerprint density at radius 1 is 1.83 bits per heavy atom. The predicted octanol–water partition coefficient (Wildman–Crippen LogP) is 0.715. The molecule has 0 saturated carbocycles. The third kappa shape index (κ3) is 1.48. The van der Waals surface area contributed by atoms with Crippen LogP contribution in [0.3, 0.4) is 0 Å². The molecule has 0 aliphatic rings. The molecule has 0 aliphatic heterocycles. The molecule has 0 saturated heterocycles. The van der Waals surface area contributed by atoms with E-state index < -0.39 is 11.9 Å². The van der Waals surface area contributed by atoms with E-state index in [1.54, 1.807) is 13.0 Å². The Morgan fingerprint density at radius 2 is 2.50 bits per heavy atom. The lowest BCUT2D eigenvalue weighted by Gasteiger charge is -2.06. The van der Waals surface area contributed by atoms with Crippen molar-refractivity contribution in [3.05, 3.63) is 23.7 Å². The highest BCUT2D eigenvalue weighted by molar-refractivity contribution is 5.75. The Balaban J connectivity index is 2.94. The monoisotopic (exact) mass is 169 g/mol. The van der Waals surface area contributed by atoms with Crippen molar-refractivity contribution < 1.29 is 14.3 Å². The molecule has 0 spiro atoms.